The van der Waals surface area contributed by atoms with E-state index >= 15 is 0 Å². The number of carbonyl (C=O) groups excluding carboxylic acids is 2. The highest BCUT2D eigenvalue weighted by molar-refractivity contribution is 5.70. The Balaban J connectivity index is 1.26. The van der Waals surface area contributed by atoms with Crippen molar-refractivity contribution in [2.24, 2.45) is 0 Å². The molecule has 11 heteroatoms. The van der Waals surface area contributed by atoms with Crippen LogP contribution in [0.25, 0.3) is 16.8 Å². The molecule has 0 saturated carbocycles. The van der Waals surface area contributed by atoms with Gasteiger partial charge in [0.15, 0.2) is 0 Å². The van der Waals surface area contributed by atoms with Crippen molar-refractivity contribution in [1.29, 1.82) is 0 Å². The van der Waals surface area contributed by atoms with Gasteiger partial charge >= 0.3 is 12.1 Å². The van der Waals surface area contributed by atoms with E-state index in [0.29, 0.717) is 38.5 Å². The molecule has 234 valence electrons. The predicted octanol–water partition coefficient (Wildman–Crippen LogP) is 6.58. The second-order valence-electron chi connectivity index (χ2n) is 11.2. The first-order valence-electron chi connectivity index (χ1n) is 15.0. The first-order valence-corrected chi connectivity index (χ1v) is 15.0. The zero-order valence-electron chi connectivity index (χ0n) is 25.9. The fraction of sp³-hybridized carbons (Fsp3) is 0.394. The molecular weight excluding hydrogens is 560 g/mol. The van der Waals surface area contributed by atoms with E-state index in [0.717, 1.165) is 53.3 Å². The Morgan fingerprint density at radius 3 is 2.36 bits per heavy atom. The third-order valence-corrected chi connectivity index (χ3v) is 6.39. The average molecular weight is 603 g/mol. The fourth-order valence-electron chi connectivity index (χ4n) is 4.33. The number of aromatic nitrogens is 3. The molecule has 0 spiro atoms. The first kappa shape index (κ1) is 32.1. The molecule has 0 unspecified atom stereocenters. The molecule has 4 rings (SSSR count). The molecule has 0 bridgehead atoms. The lowest BCUT2D eigenvalue weighted by Gasteiger charge is -2.19. The summed E-state index contributed by atoms with van der Waals surface area (Å²) >= 11 is 0. The average Bonchev–Trinajstić information content (AvgIpc) is 3.40. The molecule has 0 aliphatic rings. The predicted molar refractivity (Wildman–Crippen MR) is 171 cm³/mol. The van der Waals surface area contributed by atoms with E-state index < -0.39 is 11.7 Å². The van der Waals surface area contributed by atoms with Crippen LogP contribution in [0, 0.1) is 0 Å². The van der Waals surface area contributed by atoms with Crippen molar-refractivity contribution in [3.8, 4) is 17.0 Å². The SMILES string of the molecule is CCOC(=O)CCCCNc1ccc(-c2ccc3cnc(Nc4ccc(OCCCNC(=O)OC(C)(C)C)cc4)nn23)cc1. The highest BCUT2D eigenvalue weighted by atomic mass is 16.6. The molecule has 2 heterocycles. The number of fused-ring (bicyclic) bond motifs is 1. The molecule has 3 N–H and O–H groups in total. The second kappa shape index (κ2) is 15.6. The number of nitrogens with one attached hydrogen (secondary N) is 3. The van der Waals surface area contributed by atoms with Gasteiger partial charge in [-0.25, -0.2) is 14.3 Å². The zero-order valence-corrected chi connectivity index (χ0v) is 25.9. The van der Waals surface area contributed by atoms with E-state index in [2.05, 4.69) is 33.1 Å². The lowest BCUT2D eigenvalue weighted by Crippen LogP contribution is -2.33. The Bertz CT molecular complexity index is 1500. The van der Waals surface area contributed by atoms with Crippen molar-refractivity contribution in [2.45, 2.75) is 59.0 Å². The lowest BCUT2D eigenvalue weighted by atomic mass is 10.1. The van der Waals surface area contributed by atoms with Crippen molar-refractivity contribution in [3.05, 3.63) is 66.9 Å². The van der Waals surface area contributed by atoms with Crippen LogP contribution in [-0.4, -0.2) is 58.6 Å². The van der Waals surface area contributed by atoms with E-state index in [4.69, 9.17) is 19.3 Å². The largest absolute Gasteiger partial charge is 0.494 e. The van der Waals surface area contributed by atoms with Crippen molar-refractivity contribution < 1.29 is 23.8 Å². The maximum atomic E-state index is 11.7. The van der Waals surface area contributed by atoms with Crippen LogP contribution in [0.15, 0.2) is 66.9 Å². The highest BCUT2D eigenvalue weighted by Crippen LogP contribution is 2.25. The van der Waals surface area contributed by atoms with Gasteiger partial charge in [0, 0.05) is 36.4 Å². The van der Waals surface area contributed by atoms with Gasteiger partial charge < -0.3 is 30.2 Å². The molecule has 0 radical (unpaired) electrons. The highest BCUT2D eigenvalue weighted by Gasteiger charge is 2.15. The zero-order chi connectivity index (χ0) is 31.4. The summed E-state index contributed by atoms with van der Waals surface area (Å²) in [4.78, 5) is 27.6. The Morgan fingerprint density at radius 2 is 1.64 bits per heavy atom. The molecular formula is C33H42N6O5. The Kier molecular flexibility index (Phi) is 11.4. The molecule has 4 aromatic rings. The topological polar surface area (TPSA) is 128 Å². The van der Waals surface area contributed by atoms with E-state index in [1.165, 1.54) is 0 Å². The number of ether oxygens (including phenoxy) is 3. The number of unbranched alkanes of at least 4 members (excludes halogenated alkanes) is 1. The van der Waals surface area contributed by atoms with Gasteiger partial charge in [-0.15, -0.1) is 5.10 Å². The second-order valence-corrected chi connectivity index (χ2v) is 11.2. The first-order chi connectivity index (χ1) is 21.2. The smallest absolute Gasteiger partial charge is 0.407 e. The maximum Gasteiger partial charge on any atom is 0.407 e. The lowest BCUT2D eigenvalue weighted by molar-refractivity contribution is -0.143. The number of amides is 1. The summed E-state index contributed by atoms with van der Waals surface area (Å²) in [6, 6.07) is 19.8. The molecule has 1 amide bonds. The van der Waals surface area contributed by atoms with Crippen LogP contribution in [0.3, 0.4) is 0 Å². The van der Waals surface area contributed by atoms with Gasteiger partial charge in [0.1, 0.15) is 11.4 Å². The van der Waals surface area contributed by atoms with Gasteiger partial charge in [0.2, 0.25) is 5.95 Å². The maximum absolute atomic E-state index is 11.7. The third kappa shape index (κ3) is 10.2. The van der Waals surface area contributed by atoms with E-state index in [-0.39, 0.29) is 5.97 Å². The van der Waals surface area contributed by atoms with Crippen LogP contribution in [0.2, 0.25) is 0 Å². The molecule has 0 aliphatic heterocycles. The fourth-order valence-corrected chi connectivity index (χ4v) is 4.33. The van der Waals surface area contributed by atoms with Crippen LogP contribution in [0.4, 0.5) is 22.1 Å². The summed E-state index contributed by atoms with van der Waals surface area (Å²) in [6.45, 7) is 9.46. The molecule has 44 heavy (non-hydrogen) atoms. The molecule has 0 saturated heterocycles. The summed E-state index contributed by atoms with van der Waals surface area (Å²) in [7, 11) is 0. The number of nitrogens with zero attached hydrogens (tertiary/aromatic N) is 3. The minimum atomic E-state index is -0.516. The Morgan fingerprint density at radius 1 is 0.886 bits per heavy atom. The Hall–Kier alpha value is -4.80. The molecule has 2 aromatic heterocycles. The number of benzene rings is 2. The standard InChI is InChI=1S/C33H42N6O5/c1-5-42-30(40)9-6-7-20-34-25-12-10-24(11-13-25)29-19-16-27-23-36-31(38-39(27)29)37-26-14-17-28(18-15-26)43-22-8-21-35-32(41)44-33(2,3)4/h10-19,23,34H,5-9,20-22H2,1-4H3,(H,35,41)(H,37,38). The van der Waals surface area contributed by atoms with Crippen LogP contribution >= 0.6 is 0 Å². The van der Waals surface area contributed by atoms with Crippen molar-refractivity contribution in [2.75, 3.05) is 36.9 Å². The molecule has 2 aromatic carbocycles. The number of rotatable bonds is 15. The number of hydrogen-bond donors (Lipinski definition) is 3. The van der Waals surface area contributed by atoms with Gasteiger partial charge in [-0.05, 0) is 95.5 Å². The van der Waals surface area contributed by atoms with E-state index in [1.54, 1.807) is 6.20 Å². The van der Waals surface area contributed by atoms with Crippen molar-refractivity contribution in [1.82, 2.24) is 19.9 Å². The minimum Gasteiger partial charge on any atom is -0.494 e. The van der Waals surface area contributed by atoms with Crippen LogP contribution in [0.5, 0.6) is 5.75 Å². The number of esters is 1. The van der Waals surface area contributed by atoms with Gasteiger partial charge in [-0.1, -0.05) is 12.1 Å². The third-order valence-electron chi connectivity index (χ3n) is 6.39. The molecule has 0 aliphatic carbocycles. The number of hydrogen-bond acceptors (Lipinski definition) is 9. The summed E-state index contributed by atoms with van der Waals surface area (Å²) < 4.78 is 17.8. The van der Waals surface area contributed by atoms with E-state index in [9.17, 15) is 9.59 Å². The van der Waals surface area contributed by atoms with Crippen LogP contribution < -0.4 is 20.7 Å². The summed E-state index contributed by atoms with van der Waals surface area (Å²) in [5, 5.41) is 14.1. The van der Waals surface area contributed by atoms with Crippen molar-refractivity contribution >= 4 is 34.9 Å². The Labute approximate surface area is 258 Å². The minimum absolute atomic E-state index is 0.138. The molecule has 11 nitrogen and oxygen atoms in total. The monoisotopic (exact) mass is 602 g/mol. The molecule has 0 fully saturated rings. The summed E-state index contributed by atoms with van der Waals surface area (Å²) in [6.07, 6.45) is 4.15. The van der Waals surface area contributed by atoms with Gasteiger partial charge in [0.05, 0.1) is 30.6 Å². The van der Waals surface area contributed by atoms with Gasteiger partial charge in [-0.3, -0.25) is 4.79 Å². The quantitative estimate of drug-likeness (QED) is 0.102. The summed E-state index contributed by atoms with van der Waals surface area (Å²) in [5.74, 6) is 1.06. The number of anilines is 3. The van der Waals surface area contributed by atoms with Gasteiger partial charge in [0.25, 0.3) is 0 Å². The van der Waals surface area contributed by atoms with Gasteiger partial charge in [-0.2, -0.15) is 0 Å². The van der Waals surface area contributed by atoms with Crippen LogP contribution in [0.1, 0.15) is 53.4 Å². The number of carbonyl (C=O) groups is 2. The molecule has 0 atom stereocenters. The van der Waals surface area contributed by atoms with Crippen LogP contribution in [-0.2, 0) is 14.3 Å². The number of alkyl carbamates (subject to hydrolysis) is 1. The summed E-state index contributed by atoms with van der Waals surface area (Å²) in [5.41, 5.74) is 4.21. The normalized spacial score (nSPS) is 11.2. The van der Waals surface area contributed by atoms with E-state index in [1.807, 2.05) is 80.7 Å². The van der Waals surface area contributed by atoms with Crippen molar-refractivity contribution in [3.63, 3.8) is 0 Å².